The lowest BCUT2D eigenvalue weighted by atomic mass is 9.96. The Kier molecular flexibility index (Phi) is 9.85. The van der Waals surface area contributed by atoms with E-state index >= 15 is 0 Å². The number of esters is 2. The van der Waals surface area contributed by atoms with Crippen molar-refractivity contribution in [3.8, 4) is 17.2 Å². The summed E-state index contributed by atoms with van der Waals surface area (Å²) in [6.07, 6.45) is 3.99. The Hall–Kier alpha value is -3.41. The zero-order valence-electron chi connectivity index (χ0n) is 23.6. The molecule has 6 heteroatoms. The highest BCUT2D eigenvalue weighted by molar-refractivity contribution is 6.07. The summed E-state index contributed by atoms with van der Waals surface area (Å²) in [7, 11) is 0. The lowest BCUT2D eigenvalue weighted by Gasteiger charge is -2.21. The smallest absolute Gasteiger partial charge is 0.316 e. The molecule has 0 heterocycles. The SMILES string of the molecule is CCCOc1cc(OC(=O)C(C)(C)C)c(C(C)C)cc1C=CC(=O)c1ccc(OC(=O)C(C)(C)C)cc1. The van der Waals surface area contributed by atoms with Crippen LogP contribution in [-0.4, -0.2) is 24.3 Å². The van der Waals surface area contributed by atoms with Gasteiger partial charge in [-0.05, 0) is 102 Å². The minimum Gasteiger partial charge on any atom is -0.493 e. The van der Waals surface area contributed by atoms with E-state index < -0.39 is 10.8 Å². The Morgan fingerprint density at radius 2 is 1.41 bits per heavy atom. The van der Waals surface area contributed by atoms with Crippen LogP contribution in [0.5, 0.6) is 17.2 Å². The van der Waals surface area contributed by atoms with Crippen LogP contribution in [0.2, 0.25) is 0 Å². The van der Waals surface area contributed by atoms with Gasteiger partial charge in [0.05, 0.1) is 17.4 Å². The Balaban J connectivity index is 2.34. The monoisotopic (exact) mass is 508 g/mol. The van der Waals surface area contributed by atoms with Crippen LogP contribution >= 0.6 is 0 Å². The van der Waals surface area contributed by atoms with Crippen molar-refractivity contribution in [3.05, 3.63) is 59.2 Å². The number of rotatable bonds is 9. The van der Waals surface area contributed by atoms with Crippen molar-refractivity contribution in [3.63, 3.8) is 0 Å². The van der Waals surface area contributed by atoms with Gasteiger partial charge >= 0.3 is 11.9 Å². The summed E-state index contributed by atoms with van der Waals surface area (Å²) in [5, 5.41) is 0. The van der Waals surface area contributed by atoms with E-state index in [2.05, 4.69) is 0 Å². The first kappa shape index (κ1) is 29.8. The Morgan fingerprint density at radius 3 is 1.92 bits per heavy atom. The largest absolute Gasteiger partial charge is 0.493 e. The molecular formula is C31H40O6. The summed E-state index contributed by atoms with van der Waals surface area (Å²) >= 11 is 0. The maximum atomic E-state index is 12.9. The molecule has 0 unspecified atom stereocenters. The van der Waals surface area contributed by atoms with Crippen molar-refractivity contribution in [2.75, 3.05) is 6.61 Å². The number of hydrogen-bond donors (Lipinski definition) is 0. The molecule has 0 radical (unpaired) electrons. The summed E-state index contributed by atoms with van der Waals surface area (Å²) in [4.78, 5) is 37.5. The van der Waals surface area contributed by atoms with Crippen LogP contribution in [0.1, 0.15) is 96.1 Å². The molecule has 0 fully saturated rings. The van der Waals surface area contributed by atoms with E-state index in [0.717, 1.165) is 17.5 Å². The number of allylic oxidation sites excluding steroid dienone is 1. The van der Waals surface area contributed by atoms with Gasteiger partial charge in [0.15, 0.2) is 5.78 Å². The fourth-order valence-corrected chi connectivity index (χ4v) is 3.06. The molecule has 0 saturated carbocycles. The van der Waals surface area contributed by atoms with Gasteiger partial charge in [-0.3, -0.25) is 14.4 Å². The molecule has 0 spiro atoms. The predicted octanol–water partition coefficient (Wildman–Crippen LogP) is 7.40. The highest BCUT2D eigenvalue weighted by Crippen LogP contribution is 2.36. The first-order valence-electron chi connectivity index (χ1n) is 12.7. The van der Waals surface area contributed by atoms with Crippen LogP contribution in [0.25, 0.3) is 6.08 Å². The number of ether oxygens (including phenoxy) is 3. The Bertz CT molecular complexity index is 1140. The average molecular weight is 509 g/mol. The molecule has 0 N–H and O–H groups in total. The predicted molar refractivity (Wildman–Crippen MR) is 146 cm³/mol. The Morgan fingerprint density at radius 1 is 0.838 bits per heavy atom. The molecule has 0 bridgehead atoms. The van der Waals surface area contributed by atoms with Crippen molar-refractivity contribution in [1.29, 1.82) is 0 Å². The third-order valence-electron chi connectivity index (χ3n) is 5.42. The number of hydrogen-bond acceptors (Lipinski definition) is 6. The third-order valence-corrected chi connectivity index (χ3v) is 5.42. The quantitative estimate of drug-likeness (QED) is 0.152. The molecule has 2 aromatic rings. The van der Waals surface area contributed by atoms with Crippen molar-refractivity contribution in [2.24, 2.45) is 10.8 Å². The lowest BCUT2D eigenvalue weighted by Crippen LogP contribution is -2.26. The standard InChI is InChI=1S/C31H40O6/c1-10-17-35-26-19-27(37-29(34)31(7,8)9)24(20(2)3)18-22(26)13-16-25(32)21-11-14-23(15-12-21)36-28(33)30(4,5)6/h11-16,18-20H,10,17H2,1-9H3. The zero-order chi connectivity index (χ0) is 28.0. The van der Waals surface area contributed by atoms with Gasteiger partial charge in [-0.2, -0.15) is 0 Å². The van der Waals surface area contributed by atoms with Gasteiger partial charge in [-0.25, -0.2) is 0 Å². The van der Waals surface area contributed by atoms with E-state index in [-0.39, 0.29) is 23.6 Å². The van der Waals surface area contributed by atoms with E-state index in [9.17, 15) is 14.4 Å². The van der Waals surface area contributed by atoms with Crippen LogP contribution in [0.15, 0.2) is 42.5 Å². The van der Waals surface area contributed by atoms with Gasteiger partial charge in [-0.1, -0.05) is 20.8 Å². The second kappa shape index (κ2) is 12.2. The molecule has 0 aliphatic rings. The van der Waals surface area contributed by atoms with Crippen molar-refractivity contribution >= 4 is 23.8 Å². The van der Waals surface area contributed by atoms with E-state index in [0.29, 0.717) is 29.4 Å². The fraction of sp³-hybridized carbons (Fsp3) is 0.452. The summed E-state index contributed by atoms with van der Waals surface area (Å²) in [5.41, 5.74) is 0.757. The van der Waals surface area contributed by atoms with Gasteiger partial charge in [0.1, 0.15) is 17.2 Å². The Labute approximate surface area is 221 Å². The molecule has 0 aromatic heterocycles. The fourth-order valence-electron chi connectivity index (χ4n) is 3.06. The first-order chi connectivity index (χ1) is 17.1. The molecule has 0 amide bonds. The van der Waals surface area contributed by atoms with E-state index in [1.165, 1.54) is 6.08 Å². The molecule has 37 heavy (non-hydrogen) atoms. The summed E-state index contributed by atoms with van der Waals surface area (Å²) in [6.45, 7) is 17.3. The minimum absolute atomic E-state index is 0.0780. The molecule has 2 aromatic carbocycles. The van der Waals surface area contributed by atoms with Gasteiger partial charge < -0.3 is 14.2 Å². The number of carbonyl (C=O) groups excluding carboxylic acids is 3. The highest BCUT2D eigenvalue weighted by atomic mass is 16.5. The summed E-state index contributed by atoms with van der Waals surface area (Å²) in [5.74, 6) is 0.590. The van der Waals surface area contributed by atoms with Crippen LogP contribution in [0, 0.1) is 10.8 Å². The number of ketones is 1. The highest BCUT2D eigenvalue weighted by Gasteiger charge is 2.26. The summed E-state index contributed by atoms with van der Waals surface area (Å²) in [6, 6.07) is 10.1. The molecule has 2 rings (SSSR count). The molecule has 0 aliphatic heterocycles. The van der Waals surface area contributed by atoms with Gasteiger partial charge in [0, 0.05) is 17.2 Å². The molecule has 0 saturated heterocycles. The van der Waals surface area contributed by atoms with Crippen molar-refractivity contribution in [1.82, 2.24) is 0 Å². The average Bonchev–Trinajstić information content (AvgIpc) is 2.80. The number of carbonyl (C=O) groups is 3. The normalized spacial score (nSPS) is 12.1. The molecular weight excluding hydrogens is 468 g/mol. The van der Waals surface area contributed by atoms with Crippen LogP contribution in [0.3, 0.4) is 0 Å². The second-order valence-electron chi connectivity index (χ2n) is 11.4. The molecule has 0 aliphatic carbocycles. The molecule has 200 valence electrons. The van der Waals surface area contributed by atoms with Gasteiger partial charge in [-0.15, -0.1) is 0 Å². The van der Waals surface area contributed by atoms with Crippen LogP contribution in [0.4, 0.5) is 0 Å². The molecule has 0 atom stereocenters. The van der Waals surface area contributed by atoms with Crippen LogP contribution in [-0.2, 0) is 9.59 Å². The number of benzene rings is 2. The topological polar surface area (TPSA) is 78.9 Å². The van der Waals surface area contributed by atoms with Crippen LogP contribution < -0.4 is 14.2 Å². The zero-order valence-corrected chi connectivity index (χ0v) is 23.6. The van der Waals surface area contributed by atoms with Gasteiger partial charge in [0.25, 0.3) is 0 Å². The van der Waals surface area contributed by atoms with E-state index in [1.807, 2.05) is 47.6 Å². The van der Waals surface area contributed by atoms with E-state index in [1.54, 1.807) is 57.2 Å². The maximum absolute atomic E-state index is 12.9. The van der Waals surface area contributed by atoms with Crippen molar-refractivity contribution < 1.29 is 28.6 Å². The lowest BCUT2D eigenvalue weighted by molar-refractivity contribution is -0.143. The van der Waals surface area contributed by atoms with Crippen molar-refractivity contribution in [2.45, 2.75) is 74.7 Å². The summed E-state index contributed by atoms with van der Waals surface area (Å²) < 4.78 is 17.1. The minimum atomic E-state index is -0.649. The van der Waals surface area contributed by atoms with Gasteiger partial charge in [0.2, 0.25) is 0 Å². The molecule has 6 nitrogen and oxygen atoms in total. The third kappa shape index (κ3) is 8.59. The first-order valence-corrected chi connectivity index (χ1v) is 12.7. The maximum Gasteiger partial charge on any atom is 0.316 e. The van der Waals surface area contributed by atoms with E-state index in [4.69, 9.17) is 14.2 Å². The second-order valence-corrected chi connectivity index (χ2v) is 11.4.